The van der Waals surface area contributed by atoms with Gasteiger partial charge in [0.2, 0.25) is 12.6 Å². The molecule has 0 radical (unpaired) electrons. The van der Waals surface area contributed by atoms with Gasteiger partial charge in [0.25, 0.3) is 0 Å². The maximum Gasteiger partial charge on any atom is 0.382 e. The third-order valence-corrected chi connectivity index (χ3v) is 4.69. The van der Waals surface area contributed by atoms with Gasteiger partial charge in [0.15, 0.2) is 0 Å². The Labute approximate surface area is 142 Å². The minimum absolute atomic E-state index is 0.0369. The predicted octanol–water partition coefficient (Wildman–Crippen LogP) is 4.02. The molecule has 120 valence electrons. The third-order valence-electron chi connectivity index (χ3n) is 3.61. The molecule has 1 aromatic heterocycles. The molecule has 0 saturated heterocycles. The van der Waals surface area contributed by atoms with E-state index in [1.54, 1.807) is 11.3 Å². The first-order chi connectivity index (χ1) is 11.7. The van der Waals surface area contributed by atoms with Gasteiger partial charge in [-0.15, -0.1) is 11.3 Å². The van der Waals surface area contributed by atoms with Gasteiger partial charge < -0.3 is 14.2 Å². The summed E-state index contributed by atoms with van der Waals surface area (Å²) in [5, 5.41) is 0.883. The summed E-state index contributed by atoms with van der Waals surface area (Å²) < 4.78 is 16.5. The number of fused-ring (bicyclic) bond motifs is 1. The van der Waals surface area contributed by atoms with Crippen molar-refractivity contribution in [1.29, 1.82) is 0 Å². The number of carbonyl (C=O) groups excluding carboxylic acids is 1. The number of aromatic nitrogens is 1. The van der Waals surface area contributed by atoms with Crippen LogP contribution in [-0.2, 0) is 14.3 Å². The van der Waals surface area contributed by atoms with E-state index in [2.05, 4.69) is 4.98 Å². The molecule has 2 aromatic carbocycles. The van der Waals surface area contributed by atoms with Crippen LogP contribution in [-0.4, -0.2) is 17.7 Å². The quantitative estimate of drug-likeness (QED) is 0.533. The van der Waals surface area contributed by atoms with Crippen molar-refractivity contribution in [2.75, 3.05) is 6.79 Å². The molecular formula is C18H13NO4S. The topological polar surface area (TPSA) is 57.7 Å². The number of thiazole rings is 1. The number of carbonyl (C=O) groups is 1. The van der Waals surface area contributed by atoms with Gasteiger partial charge in [-0.05, 0) is 30.7 Å². The van der Waals surface area contributed by atoms with E-state index in [4.69, 9.17) is 14.2 Å². The molecule has 0 unspecified atom stereocenters. The van der Waals surface area contributed by atoms with E-state index in [0.717, 1.165) is 26.4 Å². The molecule has 24 heavy (non-hydrogen) atoms. The van der Waals surface area contributed by atoms with Crippen LogP contribution in [0.25, 0.3) is 20.8 Å². The number of hydrogen-bond donors (Lipinski definition) is 0. The van der Waals surface area contributed by atoms with Gasteiger partial charge >= 0.3 is 5.97 Å². The standard InChI is InChI=1S/C18H13NO4S/c1-11-6-7-12(17-19-13-4-2-3-5-16(13)24-17)8-14(11)23-18(20)15-9-21-10-22-15/h2-9H,10H2,1H3. The minimum Gasteiger partial charge on any atom is -0.461 e. The number of para-hydroxylation sites is 1. The van der Waals surface area contributed by atoms with Gasteiger partial charge in [-0.25, -0.2) is 9.78 Å². The molecule has 0 bridgehead atoms. The molecule has 5 nitrogen and oxygen atoms in total. The fourth-order valence-corrected chi connectivity index (χ4v) is 3.30. The second-order valence-electron chi connectivity index (χ2n) is 5.27. The molecule has 0 amide bonds. The maximum atomic E-state index is 12.0. The zero-order chi connectivity index (χ0) is 16.5. The summed E-state index contributed by atoms with van der Waals surface area (Å²) in [6, 6.07) is 13.7. The Morgan fingerprint density at radius 1 is 1.25 bits per heavy atom. The second-order valence-corrected chi connectivity index (χ2v) is 6.30. The van der Waals surface area contributed by atoms with Crippen LogP contribution >= 0.6 is 11.3 Å². The second kappa shape index (κ2) is 5.98. The molecule has 6 heteroatoms. The number of aryl methyl sites for hydroxylation is 1. The molecular weight excluding hydrogens is 326 g/mol. The average Bonchev–Trinajstić information content (AvgIpc) is 3.26. The Morgan fingerprint density at radius 2 is 2.12 bits per heavy atom. The predicted molar refractivity (Wildman–Crippen MR) is 90.5 cm³/mol. The molecule has 0 N–H and O–H groups in total. The lowest BCUT2D eigenvalue weighted by molar-refractivity contribution is -0.134. The van der Waals surface area contributed by atoms with E-state index >= 15 is 0 Å². The lowest BCUT2D eigenvalue weighted by Gasteiger charge is -2.08. The first kappa shape index (κ1) is 14.7. The number of ether oxygens (including phenoxy) is 3. The van der Waals surface area contributed by atoms with Crippen LogP contribution < -0.4 is 4.74 Å². The van der Waals surface area contributed by atoms with Crippen molar-refractivity contribution in [2.24, 2.45) is 0 Å². The molecule has 0 aliphatic carbocycles. The fraction of sp³-hybridized carbons (Fsp3) is 0.111. The van der Waals surface area contributed by atoms with Crippen LogP contribution in [0.15, 0.2) is 54.5 Å². The molecule has 1 aliphatic rings. The maximum absolute atomic E-state index is 12.0. The summed E-state index contributed by atoms with van der Waals surface area (Å²) in [5.41, 5.74) is 2.72. The van der Waals surface area contributed by atoms with Crippen molar-refractivity contribution in [2.45, 2.75) is 6.92 Å². The van der Waals surface area contributed by atoms with Crippen LogP contribution in [0.4, 0.5) is 0 Å². The Balaban J connectivity index is 1.66. The van der Waals surface area contributed by atoms with Crippen LogP contribution in [0.1, 0.15) is 5.56 Å². The van der Waals surface area contributed by atoms with Gasteiger partial charge in [-0.1, -0.05) is 24.3 Å². The molecule has 0 fully saturated rings. The first-order valence-corrected chi connectivity index (χ1v) is 8.16. The SMILES string of the molecule is Cc1ccc(-c2nc3ccccc3s2)cc1OC(=O)C1=COCO1. The van der Waals surface area contributed by atoms with Crippen molar-refractivity contribution < 1.29 is 19.0 Å². The molecule has 3 aromatic rings. The van der Waals surface area contributed by atoms with Crippen LogP contribution in [0.5, 0.6) is 5.75 Å². The van der Waals surface area contributed by atoms with Crippen molar-refractivity contribution in [3.05, 3.63) is 60.0 Å². The van der Waals surface area contributed by atoms with Crippen LogP contribution in [0.2, 0.25) is 0 Å². The van der Waals surface area contributed by atoms with E-state index in [1.807, 2.05) is 49.4 Å². The molecule has 2 heterocycles. The van der Waals surface area contributed by atoms with Crippen molar-refractivity contribution in [3.8, 4) is 16.3 Å². The summed E-state index contributed by atoms with van der Waals surface area (Å²) in [6.45, 7) is 1.92. The monoisotopic (exact) mass is 339 g/mol. The molecule has 4 rings (SSSR count). The van der Waals surface area contributed by atoms with Crippen molar-refractivity contribution in [1.82, 2.24) is 4.98 Å². The number of benzene rings is 2. The highest BCUT2D eigenvalue weighted by atomic mass is 32.1. The van der Waals surface area contributed by atoms with Crippen molar-refractivity contribution in [3.63, 3.8) is 0 Å². The van der Waals surface area contributed by atoms with Crippen LogP contribution in [0, 0.1) is 6.92 Å². The number of hydrogen-bond acceptors (Lipinski definition) is 6. The third kappa shape index (κ3) is 2.72. The Bertz CT molecular complexity index is 928. The summed E-state index contributed by atoms with van der Waals surface area (Å²) in [7, 11) is 0. The van der Waals surface area contributed by atoms with Gasteiger partial charge in [0.1, 0.15) is 17.0 Å². The average molecular weight is 339 g/mol. The highest BCUT2D eigenvalue weighted by Crippen LogP contribution is 2.33. The Hall–Kier alpha value is -2.86. The smallest absolute Gasteiger partial charge is 0.382 e. The number of nitrogens with zero attached hydrogens (tertiary/aromatic N) is 1. The summed E-state index contributed by atoms with van der Waals surface area (Å²) >= 11 is 1.60. The van der Waals surface area contributed by atoms with E-state index in [9.17, 15) is 4.79 Å². The summed E-state index contributed by atoms with van der Waals surface area (Å²) in [4.78, 5) is 16.7. The zero-order valence-corrected chi connectivity index (χ0v) is 13.6. The summed E-state index contributed by atoms with van der Waals surface area (Å²) in [5.74, 6) is -0.0232. The fourth-order valence-electron chi connectivity index (χ4n) is 2.34. The van der Waals surface area contributed by atoms with Gasteiger partial charge in [-0.3, -0.25) is 0 Å². The minimum atomic E-state index is -0.572. The normalized spacial score (nSPS) is 13.3. The van der Waals surface area contributed by atoms with E-state index in [-0.39, 0.29) is 12.6 Å². The van der Waals surface area contributed by atoms with Gasteiger partial charge in [0, 0.05) is 5.56 Å². The summed E-state index contributed by atoms with van der Waals surface area (Å²) in [6.07, 6.45) is 1.26. The molecule has 0 atom stereocenters. The number of esters is 1. The largest absolute Gasteiger partial charge is 0.461 e. The molecule has 1 aliphatic heterocycles. The molecule has 0 saturated carbocycles. The highest BCUT2D eigenvalue weighted by Gasteiger charge is 2.20. The van der Waals surface area contributed by atoms with Gasteiger partial charge in [-0.2, -0.15) is 0 Å². The van der Waals surface area contributed by atoms with Gasteiger partial charge in [0.05, 0.1) is 10.2 Å². The Morgan fingerprint density at radius 3 is 2.92 bits per heavy atom. The van der Waals surface area contributed by atoms with Crippen LogP contribution in [0.3, 0.4) is 0 Å². The van der Waals surface area contributed by atoms with E-state index < -0.39 is 5.97 Å². The van der Waals surface area contributed by atoms with Crippen molar-refractivity contribution >= 4 is 27.5 Å². The molecule has 0 spiro atoms. The van der Waals surface area contributed by atoms with E-state index in [1.165, 1.54) is 6.26 Å². The lowest BCUT2D eigenvalue weighted by atomic mass is 10.1. The zero-order valence-electron chi connectivity index (χ0n) is 12.8. The highest BCUT2D eigenvalue weighted by molar-refractivity contribution is 7.21. The lowest BCUT2D eigenvalue weighted by Crippen LogP contribution is -2.12. The van der Waals surface area contributed by atoms with E-state index in [0.29, 0.717) is 5.75 Å². The Kier molecular flexibility index (Phi) is 3.66. The first-order valence-electron chi connectivity index (χ1n) is 7.34. The number of rotatable bonds is 3.